The lowest BCUT2D eigenvalue weighted by atomic mass is 10.1. The van der Waals surface area contributed by atoms with Crippen LogP contribution in [0, 0.1) is 13.8 Å². The van der Waals surface area contributed by atoms with Crippen LogP contribution >= 0.6 is 0 Å². The van der Waals surface area contributed by atoms with Gasteiger partial charge in [0.25, 0.3) is 5.91 Å². The number of aromatic nitrogens is 1. The van der Waals surface area contributed by atoms with Gasteiger partial charge in [-0.05, 0) is 38.1 Å². The number of hydrogen-bond acceptors (Lipinski definition) is 4. The van der Waals surface area contributed by atoms with Crippen LogP contribution in [-0.2, 0) is 17.5 Å². The van der Waals surface area contributed by atoms with Crippen LogP contribution in [0.15, 0.2) is 28.8 Å². The topological polar surface area (TPSA) is 84.2 Å². The maximum Gasteiger partial charge on any atom is 0.416 e. The first-order chi connectivity index (χ1) is 11.7. The van der Waals surface area contributed by atoms with Crippen molar-refractivity contribution < 1.29 is 27.3 Å². The van der Waals surface area contributed by atoms with Gasteiger partial charge in [-0.25, -0.2) is 0 Å². The number of nitrogens with one attached hydrogen (secondary N) is 2. The third-order valence-electron chi connectivity index (χ3n) is 3.53. The monoisotopic (exact) mass is 355 g/mol. The van der Waals surface area contributed by atoms with Crippen LogP contribution in [0.4, 0.5) is 13.2 Å². The van der Waals surface area contributed by atoms with Gasteiger partial charge in [-0.1, -0.05) is 5.16 Å². The Morgan fingerprint density at radius 2 is 1.76 bits per heavy atom. The molecule has 25 heavy (non-hydrogen) atoms. The molecule has 0 aliphatic rings. The van der Waals surface area contributed by atoms with Crippen LogP contribution in [0.25, 0.3) is 0 Å². The van der Waals surface area contributed by atoms with Crippen LogP contribution < -0.4 is 10.6 Å². The molecular weight excluding hydrogens is 339 g/mol. The van der Waals surface area contributed by atoms with Gasteiger partial charge >= 0.3 is 6.18 Å². The van der Waals surface area contributed by atoms with Gasteiger partial charge in [0.2, 0.25) is 5.91 Å². The van der Waals surface area contributed by atoms with E-state index >= 15 is 0 Å². The molecule has 0 radical (unpaired) electrons. The Kier molecular flexibility index (Phi) is 5.45. The zero-order valence-electron chi connectivity index (χ0n) is 13.5. The zero-order valence-corrected chi connectivity index (χ0v) is 13.5. The molecule has 9 heteroatoms. The van der Waals surface area contributed by atoms with Gasteiger partial charge in [-0.15, -0.1) is 0 Å². The molecule has 0 bridgehead atoms. The summed E-state index contributed by atoms with van der Waals surface area (Å²) < 4.78 is 42.4. The Balaban J connectivity index is 1.84. The van der Waals surface area contributed by atoms with E-state index in [1.165, 1.54) is 0 Å². The van der Waals surface area contributed by atoms with E-state index in [4.69, 9.17) is 4.52 Å². The highest BCUT2D eigenvalue weighted by molar-refractivity contribution is 5.96. The molecular formula is C16H16F3N3O3. The minimum absolute atomic E-state index is 0.0338. The molecule has 0 saturated carbocycles. The van der Waals surface area contributed by atoms with E-state index in [9.17, 15) is 22.8 Å². The van der Waals surface area contributed by atoms with Gasteiger partial charge in [0.05, 0.1) is 17.8 Å². The van der Waals surface area contributed by atoms with E-state index in [0.717, 1.165) is 29.8 Å². The zero-order chi connectivity index (χ0) is 18.6. The summed E-state index contributed by atoms with van der Waals surface area (Å²) in [6.45, 7) is 3.36. The number of nitrogens with zero attached hydrogens (tertiary/aromatic N) is 1. The number of alkyl halides is 3. The molecule has 0 spiro atoms. The first-order valence-corrected chi connectivity index (χ1v) is 7.32. The fraction of sp³-hybridized carbons (Fsp3) is 0.312. The number of rotatable bonds is 5. The summed E-state index contributed by atoms with van der Waals surface area (Å²) in [6, 6.07) is 3.73. The molecule has 2 rings (SSSR count). The van der Waals surface area contributed by atoms with Crippen molar-refractivity contribution in [2.24, 2.45) is 0 Å². The third kappa shape index (κ3) is 4.82. The second-order valence-corrected chi connectivity index (χ2v) is 5.34. The van der Waals surface area contributed by atoms with Gasteiger partial charge in [0.15, 0.2) is 0 Å². The Morgan fingerprint density at radius 3 is 2.28 bits per heavy atom. The highest BCUT2D eigenvalue weighted by Crippen LogP contribution is 2.29. The molecule has 134 valence electrons. The molecule has 2 amide bonds. The number of carbonyl (C=O) groups excluding carboxylic acids is 2. The Labute approximate surface area is 141 Å². The predicted molar refractivity (Wildman–Crippen MR) is 81.6 cm³/mol. The molecule has 0 unspecified atom stereocenters. The highest BCUT2D eigenvalue weighted by atomic mass is 19.4. The van der Waals surface area contributed by atoms with Crippen LogP contribution in [-0.4, -0.2) is 23.5 Å². The lowest BCUT2D eigenvalue weighted by Crippen LogP contribution is -2.36. The predicted octanol–water partition coefficient (Wildman–Crippen LogP) is 2.36. The molecule has 0 aliphatic carbocycles. The van der Waals surface area contributed by atoms with E-state index in [-0.39, 0.29) is 18.7 Å². The summed E-state index contributed by atoms with van der Waals surface area (Å²) in [7, 11) is 0. The standard InChI is InChI=1S/C16H16F3N3O3/c1-9-13(10(2)25-22-9)7-20-14(23)8-21-15(24)11-3-5-12(6-4-11)16(17,18)19/h3-6H,7-8H2,1-2H3,(H,20,23)(H,21,24). The van der Waals surface area contributed by atoms with Crippen LogP contribution in [0.1, 0.15) is 32.9 Å². The summed E-state index contributed by atoms with van der Waals surface area (Å²) in [4.78, 5) is 23.6. The molecule has 1 aromatic carbocycles. The van der Waals surface area contributed by atoms with Crippen molar-refractivity contribution in [1.29, 1.82) is 0 Å². The van der Waals surface area contributed by atoms with Gasteiger partial charge < -0.3 is 15.2 Å². The summed E-state index contributed by atoms with van der Waals surface area (Å²) in [5.41, 5.74) is 0.599. The lowest BCUT2D eigenvalue weighted by molar-refractivity contribution is -0.137. The van der Waals surface area contributed by atoms with Crippen LogP contribution in [0.3, 0.4) is 0 Å². The van der Waals surface area contributed by atoms with Crippen molar-refractivity contribution in [1.82, 2.24) is 15.8 Å². The van der Waals surface area contributed by atoms with Crippen molar-refractivity contribution >= 4 is 11.8 Å². The quantitative estimate of drug-likeness (QED) is 0.862. The second kappa shape index (κ2) is 7.37. The van der Waals surface area contributed by atoms with Crippen molar-refractivity contribution in [3.05, 3.63) is 52.4 Å². The summed E-state index contributed by atoms with van der Waals surface area (Å²) >= 11 is 0. The minimum atomic E-state index is -4.47. The highest BCUT2D eigenvalue weighted by Gasteiger charge is 2.30. The van der Waals surface area contributed by atoms with Crippen molar-refractivity contribution in [3.8, 4) is 0 Å². The Morgan fingerprint density at radius 1 is 1.12 bits per heavy atom. The summed E-state index contributed by atoms with van der Waals surface area (Å²) in [6.07, 6.45) is -4.47. The Bertz CT molecular complexity index is 748. The second-order valence-electron chi connectivity index (χ2n) is 5.34. The van der Waals surface area contributed by atoms with E-state index in [1.807, 2.05) is 0 Å². The number of carbonyl (C=O) groups is 2. The summed E-state index contributed by atoms with van der Waals surface area (Å²) in [5.74, 6) is -0.493. The number of amides is 2. The first kappa shape index (κ1) is 18.5. The van der Waals surface area contributed by atoms with Crippen molar-refractivity contribution in [2.45, 2.75) is 26.6 Å². The first-order valence-electron chi connectivity index (χ1n) is 7.32. The van der Waals surface area contributed by atoms with E-state index in [1.54, 1.807) is 13.8 Å². The average Bonchev–Trinajstić information content (AvgIpc) is 2.88. The van der Waals surface area contributed by atoms with Gasteiger partial charge in [0.1, 0.15) is 5.76 Å². The summed E-state index contributed by atoms with van der Waals surface area (Å²) in [5, 5.41) is 8.70. The molecule has 1 aromatic heterocycles. The van der Waals surface area contributed by atoms with Crippen molar-refractivity contribution in [3.63, 3.8) is 0 Å². The van der Waals surface area contributed by atoms with Crippen LogP contribution in [0.2, 0.25) is 0 Å². The van der Waals surface area contributed by atoms with Crippen LogP contribution in [0.5, 0.6) is 0 Å². The molecule has 0 aliphatic heterocycles. The third-order valence-corrected chi connectivity index (χ3v) is 3.53. The van der Waals surface area contributed by atoms with Crippen molar-refractivity contribution in [2.75, 3.05) is 6.54 Å². The SMILES string of the molecule is Cc1noc(C)c1CNC(=O)CNC(=O)c1ccc(C(F)(F)F)cc1. The number of aryl methyl sites for hydroxylation is 2. The maximum atomic E-state index is 12.5. The fourth-order valence-electron chi connectivity index (χ4n) is 2.08. The van der Waals surface area contributed by atoms with E-state index in [0.29, 0.717) is 11.5 Å². The molecule has 0 atom stereocenters. The van der Waals surface area contributed by atoms with Gasteiger partial charge in [-0.3, -0.25) is 9.59 Å². The van der Waals surface area contributed by atoms with Gasteiger partial charge in [-0.2, -0.15) is 13.2 Å². The number of benzene rings is 1. The lowest BCUT2D eigenvalue weighted by Gasteiger charge is -2.09. The smallest absolute Gasteiger partial charge is 0.361 e. The molecule has 0 fully saturated rings. The number of halogens is 3. The molecule has 0 saturated heterocycles. The largest absolute Gasteiger partial charge is 0.416 e. The molecule has 2 aromatic rings. The van der Waals surface area contributed by atoms with E-state index in [2.05, 4.69) is 15.8 Å². The molecule has 6 nitrogen and oxygen atoms in total. The Hall–Kier alpha value is -2.84. The maximum absolute atomic E-state index is 12.5. The average molecular weight is 355 g/mol. The normalized spacial score (nSPS) is 11.2. The molecule has 1 heterocycles. The van der Waals surface area contributed by atoms with Gasteiger partial charge in [0, 0.05) is 17.7 Å². The number of hydrogen-bond donors (Lipinski definition) is 2. The minimum Gasteiger partial charge on any atom is -0.361 e. The van der Waals surface area contributed by atoms with E-state index < -0.39 is 23.6 Å². The fourth-order valence-corrected chi connectivity index (χ4v) is 2.08. The molecule has 2 N–H and O–H groups in total.